The van der Waals surface area contributed by atoms with Crippen molar-refractivity contribution in [1.82, 2.24) is 10.6 Å². The van der Waals surface area contributed by atoms with Crippen molar-refractivity contribution in [2.24, 2.45) is 0 Å². The number of aromatic hydroxyl groups is 4. The Morgan fingerprint density at radius 1 is 0.593 bits per heavy atom. The third-order valence-electron chi connectivity index (χ3n) is 9.98. The number of phenolic OH excluding ortho intramolecular Hbond substituents is 4. The molecule has 2 aliphatic rings. The normalized spacial score (nSPS) is 12.4. The van der Waals surface area contributed by atoms with Crippen LogP contribution >= 0.6 is 0 Å². The molecule has 6 N–H and O–H groups in total. The number of amides is 2. The Morgan fingerprint density at radius 3 is 1.65 bits per heavy atom. The van der Waals surface area contributed by atoms with Crippen molar-refractivity contribution < 1.29 is 30.0 Å². The van der Waals surface area contributed by atoms with Gasteiger partial charge in [-0.05, 0) is 42.9 Å². The summed E-state index contributed by atoms with van der Waals surface area (Å²) in [6.07, 6.45) is 0. The molecule has 0 heterocycles. The lowest BCUT2D eigenvalue weighted by Gasteiger charge is -2.20. The fourth-order valence-electron chi connectivity index (χ4n) is 6.88. The highest BCUT2D eigenvalue weighted by molar-refractivity contribution is 6.16. The summed E-state index contributed by atoms with van der Waals surface area (Å²) in [6, 6.07) is 20.0. The third-order valence-corrected chi connectivity index (χ3v) is 9.98. The van der Waals surface area contributed by atoms with Crippen LogP contribution < -0.4 is 32.3 Å². The van der Waals surface area contributed by atoms with Crippen LogP contribution in [0.1, 0.15) is 68.7 Å². The van der Waals surface area contributed by atoms with Gasteiger partial charge in [-0.25, -0.2) is 0 Å². The predicted molar refractivity (Wildman–Crippen MR) is 204 cm³/mol. The molecule has 2 atom stereocenters. The average molecular weight is 729 g/mol. The summed E-state index contributed by atoms with van der Waals surface area (Å²) >= 11 is 0. The first kappa shape index (κ1) is 37.0. The summed E-state index contributed by atoms with van der Waals surface area (Å²) in [4.78, 5) is 81.3. The Hall–Kier alpha value is -6.82. The van der Waals surface area contributed by atoms with Crippen LogP contribution in [0.15, 0.2) is 92.0 Å². The van der Waals surface area contributed by atoms with E-state index in [1.807, 2.05) is 74.5 Å². The molecule has 12 nitrogen and oxygen atoms in total. The minimum absolute atomic E-state index is 0.0419. The maximum absolute atomic E-state index is 14.2. The number of phenols is 4. The van der Waals surface area contributed by atoms with E-state index in [2.05, 4.69) is 10.6 Å². The van der Waals surface area contributed by atoms with E-state index in [-0.39, 0.29) is 52.4 Å². The van der Waals surface area contributed by atoms with E-state index in [0.717, 1.165) is 17.2 Å². The summed E-state index contributed by atoms with van der Waals surface area (Å²) in [7, 11) is 0. The molecular weight excluding hydrogens is 692 g/mol. The summed E-state index contributed by atoms with van der Waals surface area (Å²) in [5.74, 6) is -5.37. The van der Waals surface area contributed by atoms with Gasteiger partial charge in [0.2, 0.25) is 10.9 Å². The van der Waals surface area contributed by atoms with Crippen LogP contribution in [-0.4, -0.2) is 45.3 Å². The molecule has 0 aromatic heterocycles. The molecule has 0 saturated carbocycles. The van der Waals surface area contributed by atoms with Gasteiger partial charge >= 0.3 is 0 Å². The minimum Gasteiger partial charge on any atom is -0.507 e. The van der Waals surface area contributed by atoms with Gasteiger partial charge in [0, 0.05) is 57.7 Å². The molecule has 0 saturated heterocycles. The quantitative estimate of drug-likeness (QED) is 0.0701. The topological polar surface area (TPSA) is 207 Å². The average Bonchev–Trinajstić information content (AvgIpc) is 3.17. The first-order chi connectivity index (χ1) is 25.6. The summed E-state index contributed by atoms with van der Waals surface area (Å²) < 4.78 is 0. The van der Waals surface area contributed by atoms with Crippen LogP contribution in [0.4, 0.5) is 0 Å². The molecule has 2 aliphatic carbocycles. The van der Waals surface area contributed by atoms with Crippen molar-refractivity contribution in [2.75, 3.05) is 13.1 Å². The first-order valence-electron chi connectivity index (χ1n) is 17.1. The zero-order valence-corrected chi connectivity index (χ0v) is 29.7. The molecule has 12 heteroatoms. The van der Waals surface area contributed by atoms with E-state index >= 15 is 0 Å². The molecule has 0 bridgehead atoms. The number of fused-ring (bicyclic) bond motifs is 2. The second-order valence-corrected chi connectivity index (χ2v) is 13.4. The lowest BCUT2D eigenvalue weighted by Crippen LogP contribution is -2.40. The number of carbonyl (C=O) groups is 2. The zero-order valence-electron chi connectivity index (χ0n) is 29.7. The molecule has 0 fully saturated rings. The molecule has 0 spiro atoms. The highest BCUT2D eigenvalue weighted by Crippen LogP contribution is 2.49. The maximum Gasteiger partial charge on any atom is 0.256 e. The fraction of sp³-hybridized carbons (Fsp3) is 0.190. The molecule has 2 unspecified atom stereocenters. The van der Waals surface area contributed by atoms with Gasteiger partial charge in [-0.2, -0.15) is 0 Å². The van der Waals surface area contributed by atoms with Crippen molar-refractivity contribution >= 4 is 22.6 Å². The van der Waals surface area contributed by atoms with Gasteiger partial charge in [-0.15, -0.1) is 0 Å². The Kier molecular flexibility index (Phi) is 9.79. The van der Waals surface area contributed by atoms with Gasteiger partial charge in [0.05, 0.1) is 11.1 Å². The molecule has 4 aromatic carbocycles. The van der Waals surface area contributed by atoms with E-state index in [4.69, 9.17) is 0 Å². The van der Waals surface area contributed by atoms with Gasteiger partial charge in [0.1, 0.15) is 17.1 Å². The number of nitrogens with one attached hydrogen (secondary N) is 2. The Bertz CT molecular complexity index is 2670. The lowest BCUT2D eigenvalue weighted by molar-refractivity contribution is 0.0942. The van der Waals surface area contributed by atoms with E-state index in [0.29, 0.717) is 6.07 Å². The Morgan fingerprint density at radius 2 is 1.11 bits per heavy atom. The largest absolute Gasteiger partial charge is 0.507 e. The molecule has 0 aliphatic heterocycles. The highest BCUT2D eigenvalue weighted by atomic mass is 16.3. The van der Waals surface area contributed by atoms with Crippen LogP contribution in [-0.2, 0) is 0 Å². The molecular formula is C42H36N2O10. The van der Waals surface area contributed by atoms with Gasteiger partial charge in [-0.3, -0.25) is 28.8 Å². The van der Waals surface area contributed by atoms with Crippen LogP contribution in [0.25, 0.3) is 33.0 Å². The smallest absolute Gasteiger partial charge is 0.256 e. The van der Waals surface area contributed by atoms with Crippen LogP contribution in [0.3, 0.4) is 0 Å². The van der Waals surface area contributed by atoms with Crippen molar-refractivity contribution in [3.63, 3.8) is 0 Å². The van der Waals surface area contributed by atoms with Crippen LogP contribution in [0.5, 0.6) is 23.0 Å². The zero-order chi connectivity index (χ0) is 39.2. The first-order valence-corrected chi connectivity index (χ1v) is 17.1. The molecule has 4 aromatic rings. The van der Waals surface area contributed by atoms with E-state index in [1.54, 1.807) is 0 Å². The van der Waals surface area contributed by atoms with Gasteiger partial charge in [0.15, 0.2) is 22.4 Å². The van der Waals surface area contributed by atoms with Crippen molar-refractivity contribution in [1.29, 1.82) is 0 Å². The standard InChI is InChI=1S/C42H36N2O10/c1-19(23-11-7-5-8-12-23)17-43-41(53)33-31-25(15-27(45)39(33)51)37(49)29(21(3)35(31)47)30-22(4)36(48)32-26(38(30)50)16-28(46)40(52)34(32)42(54)44-18-20(2)24-13-9-6-10-14-24/h5-16,19-20,45,47,49,51H,17-18H2,1-4H3,(H,43,53)(H,44,54). The fourth-order valence-corrected chi connectivity index (χ4v) is 6.88. The predicted octanol–water partition coefficient (Wildman–Crippen LogP) is 4.43. The summed E-state index contributed by atoms with van der Waals surface area (Å²) in [5, 5.41) is 49.4. The third kappa shape index (κ3) is 6.21. The van der Waals surface area contributed by atoms with Crippen molar-refractivity contribution in [3.8, 4) is 45.3 Å². The lowest BCUT2D eigenvalue weighted by atomic mass is 9.84. The molecule has 274 valence electrons. The number of carbonyl (C=O) groups excluding carboxylic acids is 2. The summed E-state index contributed by atoms with van der Waals surface area (Å²) in [5.41, 5.74) is -6.38. The van der Waals surface area contributed by atoms with Gasteiger partial charge < -0.3 is 31.1 Å². The maximum atomic E-state index is 14.2. The number of hydrogen-bond donors (Lipinski definition) is 6. The molecule has 0 radical (unpaired) electrons. The highest BCUT2D eigenvalue weighted by Gasteiger charge is 2.33. The number of benzene rings is 6. The Balaban J connectivity index is 1.48. The second-order valence-electron chi connectivity index (χ2n) is 13.4. The van der Waals surface area contributed by atoms with Crippen LogP contribution in [0, 0.1) is 13.8 Å². The monoisotopic (exact) mass is 728 g/mol. The number of hydrogen-bond acceptors (Lipinski definition) is 10. The SMILES string of the molecule is Cc1c(-c2c(C)c(=O)c3c(C(=O)NCC(C)c4ccccc4)c(=O)c(=O)cc-3c2=O)c(O)c2cc(O)c(O)c(C(=O)NCC(C)c3ccccc3)c2c1O. The summed E-state index contributed by atoms with van der Waals surface area (Å²) in [6.45, 7) is 6.37. The van der Waals surface area contributed by atoms with Crippen molar-refractivity contribution in [2.45, 2.75) is 39.5 Å². The molecule has 2 amide bonds. The second kappa shape index (κ2) is 14.3. The molecule has 54 heavy (non-hydrogen) atoms. The minimum atomic E-state index is -1.27. The van der Waals surface area contributed by atoms with Crippen LogP contribution in [0.2, 0.25) is 0 Å². The van der Waals surface area contributed by atoms with Gasteiger partial charge in [0.25, 0.3) is 11.8 Å². The van der Waals surface area contributed by atoms with E-state index in [9.17, 15) is 49.2 Å². The van der Waals surface area contributed by atoms with E-state index in [1.165, 1.54) is 13.8 Å². The Labute approximate surface area is 307 Å². The number of rotatable bonds is 9. The van der Waals surface area contributed by atoms with Crippen molar-refractivity contribution in [3.05, 3.63) is 147 Å². The molecule has 6 rings (SSSR count). The van der Waals surface area contributed by atoms with Gasteiger partial charge in [-0.1, -0.05) is 74.5 Å². The van der Waals surface area contributed by atoms with E-state index < -0.39 is 84.3 Å².